The third-order valence-corrected chi connectivity index (χ3v) is 4.97. The van der Waals surface area contributed by atoms with E-state index in [1.165, 1.54) is 12.1 Å². The van der Waals surface area contributed by atoms with E-state index in [2.05, 4.69) is 29.2 Å². The Morgan fingerprint density at radius 3 is 2.38 bits per heavy atom. The zero-order valence-corrected chi connectivity index (χ0v) is 19.2. The van der Waals surface area contributed by atoms with Gasteiger partial charge in [0.15, 0.2) is 5.82 Å². The minimum atomic E-state index is -0.572. The first-order chi connectivity index (χ1) is 16.4. The van der Waals surface area contributed by atoms with Gasteiger partial charge in [0.1, 0.15) is 11.6 Å². The lowest BCUT2D eigenvalue weighted by molar-refractivity contribution is 0.102. The van der Waals surface area contributed by atoms with Crippen molar-refractivity contribution in [3.8, 4) is 28.8 Å². The van der Waals surface area contributed by atoms with Crippen molar-refractivity contribution in [1.29, 1.82) is 0 Å². The number of hydrogen-bond acceptors (Lipinski definition) is 5. The Morgan fingerprint density at radius 1 is 1.03 bits per heavy atom. The van der Waals surface area contributed by atoms with Crippen molar-refractivity contribution in [3.05, 3.63) is 84.2 Å². The second kappa shape index (κ2) is 10.2. The predicted octanol–water partition coefficient (Wildman–Crippen LogP) is 5.37. The van der Waals surface area contributed by atoms with Crippen molar-refractivity contribution >= 4 is 11.6 Å². The number of anilines is 1. The van der Waals surface area contributed by atoms with Crippen molar-refractivity contribution in [3.63, 3.8) is 0 Å². The summed E-state index contributed by atoms with van der Waals surface area (Å²) >= 11 is 0. The van der Waals surface area contributed by atoms with E-state index in [1.807, 2.05) is 24.3 Å². The molecule has 1 N–H and O–H groups in total. The zero-order valence-electron chi connectivity index (χ0n) is 19.2. The van der Waals surface area contributed by atoms with Gasteiger partial charge in [-0.05, 0) is 66.6 Å². The van der Waals surface area contributed by atoms with E-state index in [0.717, 1.165) is 17.0 Å². The summed E-state index contributed by atoms with van der Waals surface area (Å²) in [6, 6.07) is 20.7. The van der Waals surface area contributed by atoms with Gasteiger partial charge in [0.2, 0.25) is 0 Å². The highest BCUT2D eigenvalue weighted by Crippen LogP contribution is 2.26. The van der Waals surface area contributed by atoms with Crippen molar-refractivity contribution in [2.24, 2.45) is 5.92 Å². The molecule has 0 aliphatic heterocycles. The summed E-state index contributed by atoms with van der Waals surface area (Å²) in [5.74, 6) is 0.575. The van der Waals surface area contributed by atoms with Crippen LogP contribution in [-0.2, 0) is 0 Å². The van der Waals surface area contributed by atoms with Crippen LogP contribution in [0.5, 0.6) is 11.8 Å². The number of amides is 1. The average Bonchev–Trinajstić information content (AvgIpc) is 3.28. The first-order valence-corrected chi connectivity index (χ1v) is 10.8. The molecule has 0 aliphatic rings. The highest BCUT2D eigenvalue weighted by atomic mass is 19.1. The normalized spacial score (nSPS) is 10.9. The molecule has 0 aliphatic carbocycles. The molecule has 7 nitrogen and oxygen atoms in total. The summed E-state index contributed by atoms with van der Waals surface area (Å²) in [5, 5.41) is 7.25. The van der Waals surface area contributed by atoms with Crippen molar-refractivity contribution in [2.45, 2.75) is 13.8 Å². The van der Waals surface area contributed by atoms with E-state index in [1.54, 1.807) is 48.2 Å². The molecule has 8 heteroatoms. The van der Waals surface area contributed by atoms with Crippen LogP contribution in [0.25, 0.3) is 17.1 Å². The number of benzene rings is 3. The van der Waals surface area contributed by atoms with E-state index < -0.39 is 11.7 Å². The van der Waals surface area contributed by atoms with Gasteiger partial charge in [0.25, 0.3) is 5.91 Å². The van der Waals surface area contributed by atoms with E-state index in [9.17, 15) is 9.18 Å². The third-order valence-electron chi connectivity index (χ3n) is 4.97. The molecule has 34 heavy (non-hydrogen) atoms. The molecule has 0 saturated carbocycles. The molecule has 4 aromatic rings. The smallest absolute Gasteiger partial charge is 0.336 e. The molecule has 1 heterocycles. The Bertz CT molecular complexity index is 1270. The number of carbonyl (C=O) groups is 1. The van der Waals surface area contributed by atoms with Gasteiger partial charge in [0, 0.05) is 11.3 Å². The number of hydrogen-bond donors (Lipinski definition) is 1. The summed E-state index contributed by atoms with van der Waals surface area (Å²) in [6.45, 7) is 4.60. The molecule has 0 saturated heterocycles. The minimum Gasteiger partial charge on any atom is -0.497 e. The van der Waals surface area contributed by atoms with Crippen LogP contribution >= 0.6 is 0 Å². The summed E-state index contributed by atoms with van der Waals surface area (Å²) in [7, 11) is 1.61. The number of ether oxygens (including phenoxy) is 2. The van der Waals surface area contributed by atoms with Crippen LogP contribution in [0, 0.1) is 11.7 Å². The number of aromatic nitrogens is 3. The number of methoxy groups -OCH3 is 1. The fraction of sp³-hybridized carbons (Fsp3) is 0.192. The zero-order chi connectivity index (χ0) is 24.1. The molecule has 0 fully saturated rings. The predicted molar refractivity (Wildman–Crippen MR) is 128 cm³/mol. The van der Waals surface area contributed by atoms with Crippen LogP contribution in [0.15, 0.2) is 72.8 Å². The maximum absolute atomic E-state index is 13.9. The molecule has 0 unspecified atom stereocenters. The quantitative estimate of drug-likeness (QED) is 0.383. The van der Waals surface area contributed by atoms with Crippen molar-refractivity contribution in [2.75, 3.05) is 19.0 Å². The van der Waals surface area contributed by atoms with Crippen LogP contribution in [0.1, 0.15) is 24.2 Å². The molecule has 0 bridgehead atoms. The molecule has 1 aromatic heterocycles. The first-order valence-electron chi connectivity index (χ1n) is 10.8. The lowest BCUT2D eigenvalue weighted by atomic mass is 10.2. The van der Waals surface area contributed by atoms with E-state index >= 15 is 0 Å². The fourth-order valence-corrected chi connectivity index (χ4v) is 3.23. The summed E-state index contributed by atoms with van der Waals surface area (Å²) in [4.78, 5) is 17.0. The van der Waals surface area contributed by atoms with E-state index in [0.29, 0.717) is 24.0 Å². The van der Waals surface area contributed by atoms with Crippen LogP contribution < -0.4 is 14.8 Å². The molecular weight excluding hydrogens is 435 g/mol. The van der Waals surface area contributed by atoms with E-state index in [-0.39, 0.29) is 11.6 Å². The van der Waals surface area contributed by atoms with Crippen molar-refractivity contribution < 1.29 is 18.7 Å². The van der Waals surface area contributed by atoms with Gasteiger partial charge in [-0.1, -0.05) is 26.0 Å². The summed E-state index contributed by atoms with van der Waals surface area (Å²) in [5.41, 5.74) is 2.07. The van der Waals surface area contributed by atoms with Gasteiger partial charge < -0.3 is 14.8 Å². The Hall–Kier alpha value is -4.20. The number of nitrogens with zero attached hydrogens (tertiary/aromatic N) is 3. The van der Waals surface area contributed by atoms with Gasteiger partial charge in [-0.25, -0.2) is 9.07 Å². The molecule has 1 amide bonds. The Kier molecular flexibility index (Phi) is 6.87. The maximum Gasteiger partial charge on any atom is 0.336 e. The second-order valence-corrected chi connectivity index (χ2v) is 8.04. The molecule has 0 radical (unpaired) electrons. The Labute approximate surface area is 197 Å². The monoisotopic (exact) mass is 460 g/mol. The molecule has 0 atom stereocenters. The molecule has 174 valence electrons. The molecule has 3 aromatic carbocycles. The van der Waals surface area contributed by atoms with Gasteiger partial charge in [-0.15, -0.1) is 5.10 Å². The number of carbonyl (C=O) groups excluding carboxylic acids is 1. The third kappa shape index (κ3) is 5.23. The minimum absolute atomic E-state index is 0.0170. The standard InChI is InChI=1S/C26H25FN4O3/c1-17(2)16-34-26-29-24(18-8-14-21(33-3)15-9-18)31(30-26)20-12-10-19(11-13-20)28-25(32)22-6-4-5-7-23(22)27/h4-15,17H,16H2,1-3H3,(H,28,32). The number of nitrogens with one attached hydrogen (secondary N) is 1. The van der Waals surface area contributed by atoms with Crippen LogP contribution in [0.4, 0.5) is 10.1 Å². The Balaban J connectivity index is 1.61. The Morgan fingerprint density at radius 2 is 1.74 bits per heavy atom. The maximum atomic E-state index is 13.9. The highest BCUT2D eigenvalue weighted by molar-refractivity contribution is 6.04. The van der Waals surface area contributed by atoms with Gasteiger partial charge in [-0.2, -0.15) is 4.98 Å². The second-order valence-electron chi connectivity index (χ2n) is 8.04. The first kappa shape index (κ1) is 23.0. The van der Waals surface area contributed by atoms with Crippen LogP contribution in [0.3, 0.4) is 0 Å². The largest absolute Gasteiger partial charge is 0.497 e. The summed E-state index contributed by atoms with van der Waals surface area (Å²) < 4.78 is 26.6. The van der Waals surface area contributed by atoms with E-state index in [4.69, 9.17) is 9.47 Å². The molecule has 0 spiro atoms. The summed E-state index contributed by atoms with van der Waals surface area (Å²) in [6.07, 6.45) is 0. The SMILES string of the molecule is COc1ccc(-c2nc(OCC(C)C)nn2-c2ccc(NC(=O)c3ccccc3F)cc2)cc1. The molecular formula is C26H25FN4O3. The number of halogens is 1. The van der Waals surface area contributed by atoms with Crippen molar-refractivity contribution in [1.82, 2.24) is 14.8 Å². The fourth-order valence-electron chi connectivity index (χ4n) is 3.23. The average molecular weight is 461 g/mol. The van der Waals surface area contributed by atoms with Gasteiger partial charge in [-0.3, -0.25) is 4.79 Å². The van der Waals surface area contributed by atoms with Crippen LogP contribution in [-0.4, -0.2) is 34.4 Å². The number of rotatable bonds is 8. The van der Waals surface area contributed by atoms with Gasteiger partial charge >= 0.3 is 6.01 Å². The van der Waals surface area contributed by atoms with Gasteiger partial charge in [0.05, 0.1) is 25.0 Å². The lowest BCUT2D eigenvalue weighted by Gasteiger charge is -2.09. The highest BCUT2D eigenvalue weighted by Gasteiger charge is 2.16. The lowest BCUT2D eigenvalue weighted by Crippen LogP contribution is -2.13. The van der Waals surface area contributed by atoms with Crippen LogP contribution in [0.2, 0.25) is 0 Å². The molecule has 4 rings (SSSR count). The topological polar surface area (TPSA) is 78.3 Å².